The van der Waals surface area contributed by atoms with Crippen molar-refractivity contribution < 1.29 is 27.4 Å². The number of aromatic nitrogens is 1. The van der Waals surface area contributed by atoms with E-state index in [9.17, 15) is 8.42 Å². The first-order valence-corrected chi connectivity index (χ1v) is 10.3. The van der Waals surface area contributed by atoms with Gasteiger partial charge in [0.1, 0.15) is 18.1 Å². The first-order chi connectivity index (χ1) is 12.6. The quantitative estimate of drug-likeness (QED) is 0.763. The molecule has 10 heteroatoms. The summed E-state index contributed by atoms with van der Waals surface area (Å²) in [5.41, 5.74) is 0. The summed E-state index contributed by atoms with van der Waals surface area (Å²) >= 11 is 0. The van der Waals surface area contributed by atoms with Gasteiger partial charge in [-0.3, -0.25) is 4.90 Å². The van der Waals surface area contributed by atoms with Crippen LogP contribution in [0.2, 0.25) is 0 Å². The molecule has 2 aliphatic rings. The minimum absolute atomic E-state index is 0.0138. The van der Waals surface area contributed by atoms with Crippen molar-refractivity contribution in [2.75, 3.05) is 65.8 Å². The number of morpholine rings is 1. The zero-order chi connectivity index (χ0) is 18.2. The monoisotopic (exact) mass is 387 g/mol. The van der Waals surface area contributed by atoms with E-state index in [0.717, 1.165) is 32.8 Å². The average molecular weight is 387 g/mol. The molecule has 0 bridgehead atoms. The van der Waals surface area contributed by atoms with Gasteiger partial charge in [0.2, 0.25) is 21.8 Å². The molecular formula is C16H25N3O6S. The molecule has 0 amide bonds. The zero-order valence-corrected chi connectivity index (χ0v) is 15.5. The molecule has 26 heavy (non-hydrogen) atoms. The number of rotatable bonds is 4. The number of hydrogen-bond donors (Lipinski definition) is 1. The lowest BCUT2D eigenvalue weighted by Crippen LogP contribution is -2.38. The Morgan fingerprint density at radius 2 is 1.92 bits per heavy atom. The van der Waals surface area contributed by atoms with Crippen LogP contribution < -0.4 is 14.2 Å². The highest BCUT2D eigenvalue weighted by Crippen LogP contribution is 2.25. The lowest BCUT2D eigenvalue weighted by molar-refractivity contribution is 0.0319. The van der Waals surface area contributed by atoms with Crippen LogP contribution in [0.15, 0.2) is 17.0 Å². The molecule has 0 atom stereocenters. The Hall–Kier alpha value is -1.46. The van der Waals surface area contributed by atoms with E-state index in [1.165, 1.54) is 6.07 Å². The smallest absolute Gasteiger partial charge is 0.245 e. The fourth-order valence-electron chi connectivity index (χ4n) is 2.66. The first kappa shape index (κ1) is 19.3. The number of nitrogens with one attached hydrogen (secondary N) is 1. The van der Waals surface area contributed by atoms with Gasteiger partial charge < -0.3 is 18.9 Å². The van der Waals surface area contributed by atoms with Crippen molar-refractivity contribution >= 4 is 10.0 Å². The third kappa shape index (κ3) is 5.52. The molecule has 0 radical (unpaired) electrons. The van der Waals surface area contributed by atoms with Gasteiger partial charge in [-0.1, -0.05) is 0 Å². The summed E-state index contributed by atoms with van der Waals surface area (Å²) < 4.78 is 49.3. The Kier molecular flexibility index (Phi) is 7.03. The molecule has 3 rings (SSSR count). The summed E-state index contributed by atoms with van der Waals surface area (Å²) in [7, 11) is -3.68. The summed E-state index contributed by atoms with van der Waals surface area (Å²) in [5, 5.41) is 0. The SMILES string of the molecule is O=S1(=O)NCCCOCCOc2nc(OCCN3CCOCC3)ccc21. The molecule has 0 saturated carbocycles. The Bertz CT molecular complexity index is 679. The second-order valence-electron chi connectivity index (χ2n) is 5.97. The van der Waals surface area contributed by atoms with Crippen molar-refractivity contribution in [1.82, 2.24) is 14.6 Å². The highest BCUT2D eigenvalue weighted by Gasteiger charge is 2.22. The van der Waals surface area contributed by atoms with E-state index < -0.39 is 10.0 Å². The van der Waals surface area contributed by atoms with Gasteiger partial charge in [0, 0.05) is 38.9 Å². The van der Waals surface area contributed by atoms with E-state index in [1.807, 2.05) is 0 Å². The van der Waals surface area contributed by atoms with Gasteiger partial charge in [0.25, 0.3) is 0 Å². The van der Waals surface area contributed by atoms with Gasteiger partial charge in [0.15, 0.2) is 0 Å². The number of pyridine rings is 1. The first-order valence-electron chi connectivity index (χ1n) is 8.79. The minimum atomic E-state index is -3.68. The molecule has 1 fully saturated rings. The molecule has 0 unspecified atom stereocenters. The van der Waals surface area contributed by atoms with Gasteiger partial charge in [-0.25, -0.2) is 13.1 Å². The number of sulfonamides is 1. The van der Waals surface area contributed by atoms with Crippen LogP contribution in [0.1, 0.15) is 6.42 Å². The molecule has 1 aromatic rings. The van der Waals surface area contributed by atoms with E-state index in [2.05, 4.69) is 14.6 Å². The standard InChI is InChI=1S/C16H25N3O6S/c20-26(21)14-2-3-15(24-11-7-19-5-9-23-10-6-19)18-16(14)25-13-12-22-8-1-4-17-26/h2-3,17H,1,4-13H2. The van der Waals surface area contributed by atoms with Gasteiger partial charge in [0.05, 0.1) is 19.8 Å². The predicted octanol–water partition coefficient (Wildman–Crippen LogP) is -0.130. The zero-order valence-electron chi connectivity index (χ0n) is 14.7. The minimum Gasteiger partial charge on any atom is -0.476 e. The molecule has 1 aromatic heterocycles. The summed E-state index contributed by atoms with van der Waals surface area (Å²) in [6, 6.07) is 3.02. The molecule has 0 aromatic carbocycles. The summed E-state index contributed by atoms with van der Waals surface area (Å²) in [5.74, 6) is 0.370. The van der Waals surface area contributed by atoms with Crippen LogP contribution in [0.25, 0.3) is 0 Å². The van der Waals surface area contributed by atoms with Crippen LogP contribution in [0.5, 0.6) is 11.8 Å². The number of ether oxygens (including phenoxy) is 4. The fourth-order valence-corrected chi connectivity index (χ4v) is 3.81. The third-order valence-corrected chi connectivity index (χ3v) is 5.55. The van der Waals surface area contributed by atoms with Crippen LogP contribution in [-0.4, -0.2) is 84.1 Å². The Labute approximate surface area is 153 Å². The molecule has 3 heterocycles. The third-order valence-electron chi connectivity index (χ3n) is 4.07. The maximum Gasteiger partial charge on any atom is 0.245 e. The predicted molar refractivity (Wildman–Crippen MR) is 93.1 cm³/mol. The van der Waals surface area contributed by atoms with Crippen molar-refractivity contribution in [2.24, 2.45) is 0 Å². The molecule has 2 aliphatic heterocycles. The summed E-state index contributed by atoms with van der Waals surface area (Å²) in [6.07, 6.45) is 0.602. The maximum absolute atomic E-state index is 12.4. The highest BCUT2D eigenvalue weighted by atomic mass is 32.2. The van der Waals surface area contributed by atoms with Gasteiger partial charge in [-0.05, 0) is 12.5 Å². The largest absolute Gasteiger partial charge is 0.476 e. The highest BCUT2D eigenvalue weighted by molar-refractivity contribution is 7.89. The van der Waals surface area contributed by atoms with Gasteiger partial charge in [-0.2, -0.15) is 4.98 Å². The van der Waals surface area contributed by atoms with Crippen LogP contribution in [-0.2, 0) is 19.5 Å². The second kappa shape index (κ2) is 9.47. The van der Waals surface area contributed by atoms with Crippen molar-refractivity contribution in [3.8, 4) is 11.8 Å². The van der Waals surface area contributed by atoms with Gasteiger partial charge in [-0.15, -0.1) is 0 Å². The van der Waals surface area contributed by atoms with Crippen molar-refractivity contribution in [3.05, 3.63) is 12.1 Å². The van der Waals surface area contributed by atoms with Gasteiger partial charge >= 0.3 is 0 Å². The average Bonchev–Trinajstić information content (AvgIpc) is 2.67. The fraction of sp³-hybridized carbons (Fsp3) is 0.688. The number of fused-ring (bicyclic) bond motifs is 1. The number of nitrogens with zero attached hydrogens (tertiary/aromatic N) is 2. The molecule has 0 aliphatic carbocycles. The van der Waals surface area contributed by atoms with Crippen LogP contribution in [0, 0.1) is 0 Å². The number of hydrogen-bond acceptors (Lipinski definition) is 8. The van der Waals surface area contributed by atoms with E-state index >= 15 is 0 Å². The topological polar surface area (TPSA) is 99.2 Å². The maximum atomic E-state index is 12.4. The molecule has 1 N–H and O–H groups in total. The normalized spacial score (nSPS) is 21.8. The van der Waals surface area contributed by atoms with Crippen LogP contribution >= 0.6 is 0 Å². The van der Waals surface area contributed by atoms with E-state index in [0.29, 0.717) is 38.7 Å². The van der Waals surface area contributed by atoms with Crippen molar-refractivity contribution in [2.45, 2.75) is 11.3 Å². The van der Waals surface area contributed by atoms with Crippen LogP contribution in [0.4, 0.5) is 0 Å². The molecule has 0 spiro atoms. The second-order valence-corrected chi connectivity index (χ2v) is 7.70. The van der Waals surface area contributed by atoms with Crippen molar-refractivity contribution in [3.63, 3.8) is 0 Å². The molecule has 1 saturated heterocycles. The van der Waals surface area contributed by atoms with E-state index in [4.69, 9.17) is 18.9 Å². The van der Waals surface area contributed by atoms with E-state index in [-0.39, 0.29) is 17.4 Å². The Balaban J connectivity index is 1.66. The molecular weight excluding hydrogens is 362 g/mol. The Morgan fingerprint density at radius 3 is 2.77 bits per heavy atom. The van der Waals surface area contributed by atoms with E-state index in [1.54, 1.807) is 6.07 Å². The van der Waals surface area contributed by atoms with Crippen LogP contribution in [0.3, 0.4) is 0 Å². The lowest BCUT2D eigenvalue weighted by Gasteiger charge is -2.26. The molecule has 146 valence electrons. The summed E-state index contributed by atoms with van der Waals surface area (Å²) in [6.45, 7) is 5.84. The van der Waals surface area contributed by atoms with Crippen molar-refractivity contribution in [1.29, 1.82) is 0 Å². The summed E-state index contributed by atoms with van der Waals surface area (Å²) in [4.78, 5) is 6.49. The molecule has 9 nitrogen and oxygen atoms in total. The lowest BCUT2D eigenvalue weighted by atomic mass is 10.4. The Morgan fingerprint density at radius 1 is 1.12 bits per heavy atom.